The summed E-state index contributed by atoms with van der Waals surface area (Å²) in [5.41, 5.74) is 1.13. The first-order valence-corrected chi connectivity index (χ1v) is 5.39. The molecule has 0 amide bonds. The van der Waals surface area contributed by atoms with Gasteiger partial charge in [0.15, 0.2) is 0 Å². The topological polar surface area (TPSA) is 0 Å². The van der Waals surface area contributed by atoms with Gasteiger partial charge in [0.2, 0.25) is 0 Å². The van der Waals surface area contributed by atoms with Gasteiger partial charge in [0, 0.05) is 6.07 Å². The van der Waals surface area contributed by atoms with E-state index in [0.717, 1.165) is 18.1 Å². The number of rotatable bonds is 1. The minimum atomic E-state index is -0.561. The Labute approximate surface area is 140 Å². The van der Waals surface area contributed by atoms with Gasteiger partial charge in [-0.25, -0.2) is 8.78 Å². The van der Waals surface area contributed by atoms with Crippen LogP contribution in [-0.4, -0.2) is 23.1 Å². The van der Waals surface area contributed by atoms with E-state index in [1.807, 2.05) is 6.92 Å². The van der Waals surface area contributed by atoms with Gasteiger partial charge in [-0.1, -0.05) is 13.0 Å². The predicted molar refractivity (Wildman–Crippen MR) is 82.4 cm³/mol. The smallest absolute Gasteiger partial charge is 0.344 e. The number of benzene rings is 2. The molecule has 2 aromatic carbocycles. The first kappa shape index (κ1) is 20.9. The van der Waals surface area contributed by atoms with Gasteiger partial charge in [-0.05, 0) is 11.6 Å². The second-order valence-electron chi connectivity index (χ2n) is 3.41. The zero-order valence-electron chi connectivity index (χ0n) is 10.8. The molecule has 4 heteroatoms. The van der Waals surface area contributed by atoms with E-state index in [-0.39, 0.29) is 40.0 Å². The van der Waals surface area contributed by atoms with Crippen molar-refractivity contribution in [2.75, 3.05) is 0 Å². The third-order valence-corrected chi connectivity index (χ3v) is 1.96. The molecule has 0 spiro atoms. The van der Waals surface area contributed by atoms with Crippen molar-refractivity contribution in [3.05, 3.63) is 67.1 Å². The van der Waals surface area contributed by atoms with E-state index < -0.39 is 11.6 Å². The van der Waals surface area contributed by atoms with Crippen LogP contribution in [0.1, 0.15) is 13.3 Å². The Morgan fingerprint density at radius 1 is 1.11 bits per heavy atom. The fourth-order valence-corrected chi connectivity index (χ4v) is 1.29. The summed E-state index contributed by atoms with van der Waals surface area (Å²) in [6.07, 6.45) is 1.00. The van der Waals surface area contributed by atoms with Crippen LogP contribution in [0.5, 0.6) is 0 Å². The molecule has 0 saturated carbocycles. The van der Waals surface area contributed by atoms with Crippen LogP contribution in [0.4, 0.5) is 8.78 Å². The standard InChI is InChI=1S/C12H7F2.C3H7.BrH.Mg/c13-10-6-7-11(12(14)8-10)9-4-2-1-3-5-9;1-3-2;;/h2-8H;1,3H2,2H3;1H;/q2*-1;;+2. The normalized spacial score (nSPS) is 8.42. The van der Waals surface area contributed by atoms with Crippen LogP contribution in [0.2, 0.25) is 0 Å². The van der Waals surface area contributed by atoms with Crippen LogP contribution in [-0.2, 0) is 0 Å². The van der Waals surface area contributed by atoms with Crippen LogP contribution >= 0.6 is 17.0 Å². The minimum absolute atomic E-state index is 0. The van der Waals surface area contributed by atoms with E-state index in [4.69, 9.17) is 0 Å². The molecule has 19 heavy (non-hydrogen) atoms. The van der Waals surface area contributed by atoms with Gasteiger partial charge in [-0.2, -0.15) is 36.8 Å². The van der Waals surface area contributed by atoms with Crippen LogP contribution in [0.25, 0.3) is 11.1 Å². The summed E-state index contributed by atoms with van der Waals surface area (Å²) in [5, 5.41) is 0. The van der Waals surface area contributed by atoms with Gasteiger partial charge in [0.1, 0.15) is 11.6 Å². The molecule has 2 aromatic rings. The Balaban J connectivity index is 0. The SMILES string of the molecule is Br.Fc1ccc(-c2cc[c-]cc2)c(F)c1.[CH2-]CC.[Mg+2]. The molecule has 0 aliphatic rings. The average molecular weight is 337 g/mol. The molecular weight excluding hydrogens is 322 g/mol. The Hall–Kier alpha value is -0.454. The Morgan fingerprint density at radius 3 is 2.11 bits per heavy atom. The first-order valence-electron chi connectivity index (χ1n) is 5.39. The van der Waals surface area contributed by atoms with Crippen LogP contribution in [0.3, 0.4) is 0 Å². The quantitative estimate of drug-likeness (QED) is 0.515. The molecule has 0 nitrogen and oxygen atoms in total. The van der Waals surface area contributed by atoms with Crippen molar-refractivity contribution in [1.29, 1.82) is 0 Å². The molecule has 0 heterocycles. The van der Waals surface area contributed by atoms with Crippen LogP contribution in [0.15, 0.2) is 42.5 Å². The van der Waals surface area contributed by atoms with Crippen molar-refractivity contribution >= 4 is 40.0 Å². The largest absolute Gasteiger partial charge is 2.00 e. The molecule has 98 valence electrons. The Bertz CT molecular complexity index is 461. The molecule has 0 saturated heterocycles. The van der Waals surface area contributed by atoms with Gasteiger partial charge in [0.05, 0.1) is 0 Å². The minimum Gasteiger partial charge on any atom is -0.344 e. The van der Waals surface area contributed by atoms with Crippen LogP contribution in [0, 0.1) is 24.6 Å². The van der Waals surface area contributed by atoms with Crippen molar-refractivity contribution in [3.8, 4) is 11.1 Å². The average Bonchev–Trinajstić information content (AvgIpc) is 2.31. The summed E-state index contributed by atoms with van der Waals surface area (Å²) in [5.74, 6) is -1.11. The van der Waals surface area contributed by atoms with Gasteiger partial charge >= 0.3 is 23.1 Å². The molecular formula is C15H15BrF2Mg. The summed E-state index contributed by atoms with van der Waals surface area (Å²) in [6, 6.07) is 13.2. The van der Waals surface area contributed by atoms with Crippen molar-refractivity contribution in [1.82, 2.24) is 0 Å². The number of halogens is 3. The molecule has 0 aromatic heterocycles. The first-order chi connectivity index (χ1) is 8.19. The Morgan fingerprint density at radius 2 is 1.63 bits per heavy atom. The molecule has 0 radical (unpaired) electrons. The third kappa shape index (κ3) is 7.04. The van der Waals surface area contributed by atoms with Crippen molar-refractivity contribution in [2.45, 2.75) is 13.3 Å². The molecule has 0 unspecified atom stereocenters. The summed E-state index contributed by atoms with van der Waals surface area (Å²) in [6.45, 7) is 5.50. The van der Waals surface area contributed by atoms with Gasteiger partial charge in [-0.3, -0.25) is 0 Å². The van der Waals surface area contributed by atoms with Crippen molar-refractivity contribution in [2.24, 2.45) is 0 Å². The maximum absolute atomic E-state index is 13.3. The maximum atomic E-state index is 13.3. The van der Waals surface area contributed by atoms with E-state index in [1.165, 1.54) is 12.1 Å². The number of hydrogen-bond donors (Lipinski definition) is 0. The van der Waals surface area contributed by atoms with E-state index in [0.29, 0.717) is 5.56 Å². The molecule has 0 fully saturated rings. The predicted octanol–water partition coefficient (Wildman–Crippen LogP) is 4.86. The van der Waals surface area contributed by atoms with E-state index in [1.54, 1.807) is 24.3 Å². The third-order valence-electron chi connectivity index (χ3n) is 1.96. The van der Waals surface area contributed by atoms with E-state index in [2.05, 4.69) is 13.0 Å². The molecule has 0 aliphatic heterocycles. The second kappa shape index (κ2) is 11.4. The van der Waals surface area contributed by atoms with Crippen molar-refractivity contribution in [3.63, 3.8) is 0 Å². The Kier molecular flexibility index (Phi) is 12.5. The molecule has 2 rings (SSSR count). The molecule has 0 atom stereocenters. The fraction of sp³-hybridized carbons (Fsp3) is 0.133. The molecule has 0 N–H and O–H groups in total. The van der Waals surface area contributed by atoms with E-state index in [9.17, 15) is 8.78 Å². The van der Waals surface area contributed by atoms with Gasteiger partial charge in [-0.15, -0.1) is 22.5 Å². The van der Waals surface area contributed by atoms with Crippen molar-refractivity contribution < 1.29 is 8.78 Å². The van der Waals surface area contributed by atoms with E-state index >= 15 is 0 Å². The van der Waals surface area contributed by atoms with Gasteiger partial charge in [0.25, 0.3) is 0 Å². The summed E-state index contributed by atoms with van der Waals surface area (Å²) in [7, 11) is 0. The second-order valence-corrected chi connectivity index (χ2v) is 3.41. The number of hydrogen-bond acceptors (Lipinski definition) is 0. The summed E-state index contributed by atoms with van der Waals surface area (Å²) >= 11 is 0. The fourth-order valence-electron chi connectivity index (χ4n) is 1.29. The summed E-state index contributed by atoms with van der Waals surface area (Å²) in [4.78, 5) is 0. The zero-order chi connectivity index (χ0) is 12.7. The van der Waals surface area contributed by atoms with Gasteiger partial charge < -0.3 is 6.92 Å². The molecule has 0 bridgehead atoms. The monoisotopic (exact) mass is 336 g/mol. The maximum Gasteiger partial charge on any atom is 2.00 e. The molecule has 0 aliphatic carbocycles. The van der Waals surface area contributed by atoms with Crippen LogP contribution < -0.4 is 0 Å². The summed E-state index contributed by atoms with van der Waals surface area (Å²) < 4.78 is 25.9. The zero-order valence-corrected chi connectivity index (χ0v) is 14.0.